The fraction of sp³-hybridized carbons (Fsp3) is 0.174. The second-order valence-corrected chi connectivity index (χ2v) is 9.80. The van der Waals surface area contributed by atoms with Crippen molar-refractivity contribution in [2.75, 3.05) is 19.3 Å². The van der Waals surface area contributed by atoms with E-state index in [-0.39, 0.29) is 10.8 Å². The summed E-state index contributed by atoms with van der Waals surface area (Å²) in [6.45, 7) is 0.641. The third-order valence-electron chi connectivity index (χ3n) is 5.40. The van der Waals surface area contributed by atoms with Crippen molar-refractivity contribution >= 4 is 26.8 Å². The van der Waals surface area contributed by atoms with Gasteiger partial charge in [0.15, 0.2) is 15.4 Å². The Labute approximate surface area is 184 Å². The molecule has 9 heteroatoms. The number of β-amino-alcohol motifs (C(OH)–C–C–N with tert-alkyl or cyclic N) is 1. The molecule has 0 radical (unpaired) electrons. The van der Waals surface area contributed by atoms with Gasteiger partial charge in [0.25, 0.3) is 5.91 Å². The maximum absolute atomic E-state index is 12.3. The largest absolute Gasteiger partial charge is 0.454 e. The number of carbonyl (C=O) groups is 1. The monoisotopic (exact) mass is 449 g/mol. The molecule has 1 aliphatic rings. The predicted octanol–water partition coefficient (Wildman–Crippen LogP) is 2.78. The van der Waals surface area contributed by atoms with E-state index in [1.807, 2.05) is 6.07 Å². The van der Waals surface area contributed by atoms with Crippen LogP contribution in [0.4, 0.5) is 0 Å². The molecule has 32 heavy (non-hydrogen) atoms. The summed E-state index contributed by atoms with van der Waals surface area (Å²) in [5.74, 6) is 0.311. The van der Waals surface area contributed by atoms with Gasteiger partial charge >= 0.3 is 0 Å². The van der Waals surface area contributed by atoms with E-state index >= 15 is 0 Å². The molecule has 3 aromatic heterocycles. The highest BCUT2D eigenvalue weighted by Crippen LogP contribution is 2.34. The number of fused-ring (bicyclic) bond motifs is 1. The van der Waals surface area contributed by atoms with Crippen LogP contribution in [-0.2, 0) is 9.84 Å². The number of rotatable bonds is 4. The summed E-state index contributed by atoms with van der Waals surface area (Å²) < 4.78 is 30.0. The van der Waals surface area contributed by atoms with Gasteiger partial charge in [0.2, 0.25) is 0 Å². The van der Waals surface area contributed by atoms with Crippen LogP contribution in [0.3, 0.4) is 0 Å². The number of hydrogen-bond acceptors (Lipinski definition) is 7. The Kier molecular flexibility index (Phi) is 4.79. The van der Waals surface area contributed by atoms with E-state index in [2.05, 4.69) is 9.97 Å². The first-order chi connectivity index (χ1) is 15.3. The van der Waals surface area contributed by atoms with E-state index < -0.39 is 15.9 Å². The van der Waals surface area contributed by atoms with Crippen LogP contribution in [0.1, 0.15) is 10.5 Å². The van der Waals surface area contributed by atoms with Gasteiger partial charge in [-0.2, -0.15) is 0 Å². The van der Waals surface area contributed by atoms with Gasteiger partial charge < -0.3 is 14.4 Å². The van der Waals surface area contributed by atoms with Crippen molar-refractivity contribution in [1.82, 2.24) is 14.9 Å². The normalized spacial score (nSPS) is 14.5. The van der Waals surface area contributed by atoms with Crippen molar-refractivity contribution in [1.29, 1.82) is 0 Å². The van der Waals surface area contributed by atoms with Crippen molar-refractivity contribution < 1.29 is 22.7 Å². The van der Waals surface area contributed by atoms with Crippen molar-refractivity contribution in [2.24, 2.45) is 0 Å². The number of nitrogens with zero attached hydrogens (tertiary/aromatic N) is 3. The zero-order chi connectivity index (χ0) is 22.5. The van der Waals surface area contributed by atoms with Crippen LogP contribution in [-0.4, -0.2) is 59.7 Å². The SMILES string of the molecule is CS(=O)(=O)c1cccc(-c2ccnc3cc(-c4ccc(C(=O)N5CC(O)C5)nc4)oc23)c1. The smallest absolute Gasteiger partial charge is 0.272 e. The summed E-state index contributed by atoms with van der Waals surface area (Å²) in [6, 6.07) is 13.6. The summed E-state index contributed by atoms with van der Waals surface area (Å²) in [7, 11) is -3.34. The van der Waals surface area contributed by atoms with E-state index in [1.54, 1.807) is 54.9 Å². The number of aliphatic hydroxyl groups excluding tert-OH is 1. The van der Waals surface area contributed by atoms with E-state index in [1.165, 1.54) is 11.2 Å². The van der Waals surface area contributed by atoms with Crippen LogP contribution in [0, 0.1) is 0 Å². The zero-order valence-corrected chi connectivity index (χ0v) is 17.9. The van der Waals surface area contributed by atoms with Crippen LogP contribution >= 0.6 is 0 Å². The fourth-order valence-electron chi connectivity index (χ4n) is 3.65. The second-order valence-electron chi connectivity index (χ2n) is 7.78. The number of aliphatic hydroxyl groups is 1. The van der Waals surface area contributed by atoms with E-state index in [4.69, 9.17) is 4.42 Å². The van der Waals surface area contributed by atoms with E-state index in [0.717, 1.165) is 5.56 Å². The minimum absolute atomic E-state index is 0.221. The Morgan fingerprint density at radius 1 is 1.09 bits per heavy atom. The molecule has 1 fully saturated rings. The fourth-order valence-corrected chi connectivity index (χ4v) is 4.32. The summed E-state index contributed by atoms with van der Waals surface area (Å²) in [6.07, 6.45) is 3.91. The van der Waals surface area contributed by atoms with Gasteiger partial charge in [-0.3, -0.25) is 14.8 Å². The van der Waals surface area contributed by atoms with Crippen LogP contribution in [0.15, 0.2) is 70.2 Å². The lowest BCUT2D eigenvalue weighted by Gasteiger charge is -2.35. The lowest BCUT2D eigenvalue weighted by Crippen LogP contribution is -2.53. The third kappa shape index (κ3) is 3.65. The molecule has 0 aliphatic carbocycles. The number of sulfone groups is 1. The Balaban J connectivity index is 1.49. The highest BCUT2D eigenvalue weighted by molar-refractivity contribution is 7.90. The molecule has 8 nitrogen and oxygen atoms in total. The van der Waals surface area contributed by atoms with Gasteiger partial charge in [-0.25, -0.2) is 8.42 Å². The van der Waals surface area contributed by atoms with Gasteiger partial charge in [-0.05, 0) is 35.9 Å². The predicted molar refractivity (Wildman–Crippen MR) is 118 cm³/mol. The highest BCUT2D eigenvalue weighted by atomic mass is 32.2. The highest BCUT2D eigenvalue weighted by Gasteiger charge is 2.30. The van der Waals surface area contributed by atoms with Gasteiger partial charge in [-0.1, -0.05) is 12.1 Å². The van der Waals surface area contributed by atoms with Crippen LogP contribution < -0.4 is 0 Å². The van der Waals surface area contributed by atoms with Crippen LogP contribution in [0.25, 0.3) is 33.6 Å². The third-order valence-corrected chi connectivity index (χ3v) is 6.51. The molecule has 0 saturated carbocycles. The maximum Gasteiger partial charge on any atom is 0.272 e. The standard InChI is InChI=1S/C23H19N3O5S/c1-32(29,30)17-4-2-3-14(9-17)18-7-8-24-20-10-21(31-22(18)20)15-5-6-19(25-11-15)23(28)26-12-16(27)13-26/h2-11,16,27H,12-13H2,1H3. The number of benzene rings is 1. The summed E-state index contributed by atoms with van der Waals surface area (Å²) in [5, 5.41) is 9.37. The first-order valence-electron chi connectivity index (χ1n) is 9.92. The Bertz CT molecular complexity index is 1440. The summed E-state index contributed by atoms with van der Waals surface area (Å²) >= 11 is 0. The Hall–Kier alpha value is -3.56. The molecule has 1 aliphatic heterocycles. The van der Waals surface area contributed by atoms with Gasteiger partial charge in [-0.15, -0.1) is 0 Å². The lowest BCUT2D eigenvalue weighted by molar-refractivity contribution is 0.00550. The number of carbonyl (C=O) groups excluding carboxylic acids is 1. The number of likely N-dealkylation sites (tertiary alicyclic amines) is 1. The first-order valence-corrected chi connectivity index (χ1v) is 11.8. The molecular weight excluding hydrogens is 430 g/mol. The first kappa shape index (κ1) is 20.3. The molecular formula is C23H19N3O5S. The molecule has 1 amide bonds. The van der Waals surface area contributed by atoms with Crippen molar-refractivity contribution in [3.05, 3.63) is 66.6 Å². The molecule has 0 bridgehead atoms. The minimum Gasteiger partial charge on any atom is -0.454 e. The number of furan rings is 1. The molecule has 4 aromatic rings. The number of pyridine rings is 2. The van der Waals surface area contributed by atoms with Crippen LogP contribution in [0.5, 0.6) is 0 Å². The second kappa shape index (κ2) is 7.54. The molecule has 1 aromatic carbocycles. The Morgan fingerprint density at radius 2 is 1.91 bits per heavy atom. The van der Waals surface area contributed by atoms with Gasteiger partial charge in [0.1, 0.15) is 17.0 Å². The lowest BCUT2D eigenvalue weighted by atomic mass is 10.1. The van der Waals surface area contributed by atoms with Crippen molar-refractivity contribution in [3.63, 3.8) is 0 Å². The van der Waals surface area contributed by atoms with Gasteiger partial charge in [0.05, 0.1) is 11.0 Å². The summed E-state index contributed by atoms with van der Waals surface area (Å²) in [5.41, 5.74) is 3.56. The van der Waals surface area contributed by atoms with E-state index in [0.29, 0.717) is 46.8 Å². The molecule has 1 saturated heterocycles. The van der Waals surface area contributed by atoms with Crippen molar-refractivity contribution in [3.8, 4) is 22.5 Å². The molecule has 0 atom stereocenters. The molecule has 1 N–H and O–H groups in total. The summed E-state index contributed by atoms with van der Waals surface area (Å²) in [4.78, 5) is 22.7. The molecule has 5 rings (SSSR count). The topological polar surface area (TPSA) is 114 Å². The molecule has 0 spiro atoms. The maximum atomic E-state index is 12.3. The average molecular weight is 449 g/mol. The van der Waals surface area contributed by atoms with Crippen molar-refractivity contribution in [2.45, 2.75) is 11.0 Å². The number of amides is 1. The average Bonchev–Trinajstić information content (AvgIpc) is 3.20. The van der Waals surface area contributed by atoms with Crippen LogP contribution in [0.2, 0.25) is 0 Å². The number of hydrogen-bond donors (Lipinski definition) is 1. The molecule has 0 unspecified atom stereocenters. The minimum atomic E-state index is -3.34. The molecule has 4 heterocycles. The molecule has 162 valence electrons. The quantitative estimate of drug-likeness (QED) is 0.510. The Morgan fingerprint density at radius 3 is 2.59 bits per heavy atom. The number of aromatic nitrogens is 2. The zero-order valence-electron chi connectivity index (χ0n) is 17.1. The van der Waals surface area contributed by atoms with E-state index in [9.17, 15) is 18.3 Å². The van der Waals surface area contributed by atoms with Gasteiger partial charge in [0, 0.05) is 48.9 Å².